The third kappa shape index (κ3) is 4.86. The quantitative estimate of drug-likeness (QED) is 0.721. The summed E-state index contributed by atoms with van der Waals surface area (Å²) in [5.74, 6) is -0.180. The van der Waals surface area contributed by atoms with Crippen molar-refractivity contribution in [2.45, 2.75) is 31.2 Å². The van der Waals surface area contributed by atoms with Gasteiger partial charge < -0.3 is 10.2 Å². The van der Waals surface area contributed by atoms with Crippen LogP contribution in [0.2, 0.25) is 0 Å². The van der Waals surface area contributed by atoms with E-state index in [0.29, 0.717) is 18.7 Å². The lowest BCUT2D eigenvalue weighted by Crippen LogP contribution is -2.51. The molecule has 0 bridgehead atoms. The van der Waals surface area contributed by atoms with E-state index in [1.165, 1.54) is 31.2 Å². The standard InChI is InChI=1S/C16H23N3O4S/c1-12-11-19(10-9-17-12)16(21)7-8-18-24(22,23)15-5-3-14(4-6-15)13(2)20/h3-6,12,17-18H,7-11H2,1-2H3/t12-/m1/s1. The highest BCUT2D eigenvalue weighted by molar-refractivity contribution is 7.89. The number of benzene rings is 1. The Kier molecular flexibility index (Phi) is 6.09. The molecule has 1 aliphatic heterocycles. The van der Waals surface area contributed by atoms with E-state index in [9.17, 15) is 18.0 Å². The molecule has 0 radical (unpaired) electrons. The highest BCUT2D eigenvalue weighted by atomic mass is 32.2. The lowest BCUT2D eigenvalue weighted by Gasteiger charge is -2.32. The largest absolute Gasteiger partial charge is 0.340 e. The molecular formula is C16H23N3O4S. The second kappa shape index (κ2) is 7.87. The molecule has 24 heavy (non-hydrogen) atoms. The summed E-state index contributed by atoms with van der Waals surface area (Å²) < 4.78 is 26.8. The maximum absolute atomic E-state index is 12.2. The molecule has 1 atom stereocenters. The Balaban J connectivity index is 1.88. The number of carbonyl (C=O) groups is 2. The molecule has 1 amide bonds. The van der Waals surface area contributed by atoms with Crippen molar-refractivity contribution in [3.63, 3.8) is 0 Å². The zero-order valence-corrected chi connectivity index (χ0v) is 14.7. The highest BCUT2D eigenvalue weighted by Crippen LogP contribution is 2.11. The van der Waals surface area contributed by atoms with E-state index < -0.39 is 10.0 Å². The van der Waals surface area contributed by atoms with Crippen LogP contribution in [0.25, 0.3) is 0 Å². The van der Waals surface area contributed by atoms with E-state index in [4.69, 9.17) is 0 Å². The van der Waals surface area contributed by atoms with Gasteiger partial charge in [0.25, 0.3) is 0 Å². The lowest BCUT2D eigenvalue weighted by molar-refractivity contribution is -0.132. The first-order valence-electron chi connectivity index (χ1n) is 7.91. The van der Waals surface area contributed by atoms with Crippen LogP contribution in [0.4, 0.5) is 0 Å². The van der Waals surface area contributed by atoms with E-state index in [1.807, 2.05) is 6.92 Å². The van der Waals surface area contributed by atoms with Crippen molar-refractivity contribution in [1.29, 1.82) is 0 Å². The van der Waals surface area contributed by atoms with Crippen molar-refractivity contribution in [3.8, 4) is 0 Å². The number of hydrogen-bond donors (Lipinski definition) is 2. The minimum absolute atomic E-state index is 0.0495. The van der Waals surface area contributed by atoms with Crippen molar-refractivity contribution >= 4 is 21.7 Å². The van der Waals surface area contributed by atoms with Gasteiger partial charge >= 0.3 is 0 Å². The molecule has 2 rings (SSSR count). The van der Waals surface area contributed by atoms with Crippen molar-refractivity contribution in [1.82, 2.24) is 14.9 Å². The number of amides is 1. The smallest absolute Gasteiger partial charge is 0.240 e. The van der Waals surface area contributed by atoms with E-state index in [-0.39, 0.29) is 35.6 Å². The summed E-state index contributed by atoms with van der Waals surface area (Å²) in [7, 11) is -3.68. The van der Waals surface area contributed by atoms with E-state index in [1.54, 1.807) is 4.90 Å². The number of nitrogens with one attached hydrogen (secondary N) is 2. The Morgan fingerprint density at radius 3 is 2.54 bits per heavy atom. The van der Waals surface area contributed by atoms with Gasteiger partial charge in [0.15, 0.2) is 5.78 Å². The van der Waals surface area contributed by atoms with Gasteiger partial charge in [-0.05, 0) is 26.0 Å². The molecule has 1 fully saturated rings. The van der Waals surface area contributed by atoms with E-state index in [0.717, 1.165) is 6.54 Å². The number of nitrogens with zero attached hydrogens (tertiary/aromatic N) is 1. The second-order valence-corrected chi connectivity index (χ2v) is 7.69. The molecule has 0 saturated carbocycles. The Bertz CT molecular complexity index is 701. The molecule has 1 aliphatic rings. The van der Waals surface area contributed by atoms with Crippen molar-refractivity contribution in [2.75, 3.05) is 26.2 Å². The molecule has 1 heterocycles. The first kappa shape index (κ1) is 18.6. The van der Waals surface area contributed by atoms with Gasteiger partial charge in [-0.3, -0.25) is 9.59 Å². The number of ketones is 1. The first-order valence-corrected chi connectivity index (χ1v) is 9.40. The normalized spacial score (nSPS) is 18.4. The molecule has 0 spiro atoms. The third-order valence-corrected chi connectivity index (χ3v) is 5.40. The van der Waals surface area contributed by atoms with Gasteiger partial charge in [-0.25, -0.2) is 13.1 Å². The summed E-state index contributed by atoms with van der Waals surface area (Å²) in [6.45, 7) is 5.51. The second-order valence-electron chi connectivity index (χ2n) is 5.92. The van der Waals surface area contributed by atoms with Crippen LogP contribution in [0.5, 0.6) is 0 Å². The lowest BCUT2D eigenvalue weighted by atomic mass is 10.2. The summed E-state index contributed by atoms with van der Waals surface area (Å²) in [6.07, 6.45) is 0.122. The van der Waals surface area contributed by atoms with Gasteiger partial charge in [0.2, 0.25) is 15.9 Å². The Morgan fingerprint density at radius 1 is 1.29 bits per heavy atom. The number of sulfonamides is 1. The van der Waals surface area contributed by atoms with Crippen LogP contribution < -0.4 is 10.0 Å². The van der Waals surface area contributed by atoms with E-state index >= 15 is 0 Å². The fourth-order valence-corrected chi connectivity index (χ4v) is 3.59. The SMILES string of the molecule is CC(=O)c1ccc(S(=O)(=O)NCCC(=O)N2CCN[C@H](C)C2)cc1. The highest BCUT2D eigenvalue weighted by Gasteiger charge is 2.21. The zero-order valence-electron chi connectivity index (χ0n) is 13.9. The topological polar surface area (TPSA) is 95.6 Å². The average molecular weight is 353 g/mol. The predicted molar refractivity (Wildman–Crippen MR) is 90.3 cm³/mol. The molecule has 132 valence electrons. The summed E-state index contributed by atoms with van der Waals surface area (Å²) in [6, 6.07) is 5.98. The Morgan fingerprint density at radius 2 is 1.96 bits per heavy atom. The zero-order chi connectivity index (χ0) is 17.7. The minimum Gasteiger partial charge on any atom is -0.340 e. The maximum Gasteiger partial charge on any atom is 0.240 e. The molecule has 0 aromatic heterocycles. The fourth-order valence-electron chi connectivity index (χ4n) is 2.56. The number of rotatable bonds is 6. The van der Waals surface area contributed by atoms with E-state index in [2.05, 4.69) is 10.0 Å². The summed E-state index contributed by atoms with van der Waals surface area (Å²) in [4.78, 5) is 25.2. The molecule has 1 aromatic carbocycles. The van der Waals surface area contributed by atoms with Crippen LogP contribution in [-0.4, -0.2) is 57.2 Å². The number of Topliss-reactive ketones (excluding diaryl/α,β-unsaturated/α-hetero) is 1. The number of piperazine rings is 1. The predicted octanol–water partition coefficient (Wildman–Crippen LogP) is 0.378. The number of hydrogen-bond acceptors (Lipinski definition) is 5. The van der Waals surface area contributed by atoms with Gasteiger partial charge in [-0.1, -0.05) is 12.1 Å². The monoisotopic (exact) mass is 353 g/mol. The van der Waals surface area contributed by atoms with Crippen LogP contribution in [0, 0.1) is 0 Å². The molecule has 2 N–H and O–H groups in total. The maximum atomic E-state index is 12.2. The molecule has 7 nitrogen and oxygen atoms in total. The summed E-state index contributed by atoms with van der Waals surface area (Å²) in [5.41, 5.74) is 0.456. The van der Waals surface area contributed by atoms with Crippen LogP contribution in [0.15, 0.2) is 29.2 Å². The van der Waals surface area contributed by atoms with Crippen LogP contribution in [0.1, 0.15) is 30.6 Å². The van der Waals surface area contributed by atoms with Crippen molar-refractivity contribution in [2.24, 2.45) is 0 Å². The van der Waals surface area contributed by atoms with Gasteiger partial charge in [0.1, 0.15) is 0 Å². The molecule has 1 saturated heterocycles. The van der Waals surface area contributed by atoms with Gasteiger partial charge in [-0.15, -0.1) is 0 Å². The minimum atomic E-state index is -3.68. The van der Waals surface area contributed by atoms with Crippen molar-refractivity contribution in [3.05, 3.63) is 29.8 Å². The summed E-state index contributed by atoms with van der Waals surface area (Å²) in [5, 5.41) is 3.25. The average Bonchev–Trinajstić information content (AvgIpc) is 2.54. The molecule has 0 unspecified atom stereocenters. The summed E-state index contributed by atoms with van der Waals surface area (Å²) >= 11 is 0. The molecule has 8 heteroatoms. The first-order chi connectivity index (χ1) is 11.3. The number of carbonyl (C=O) groups excluding carboxylic acids is 2. The fraction of sp³-hybridized carbons (Fsp3) is 0.500. The van der Waals surface area contributed by atoms with Gasteiger partial charge in [0.05, 0.1) is 4.90 Å². The molecule has 0 aliphatic carbocycles. The third-order valence-electron chi connectivity index (χ3n) is 3.92. The van der Waals surface area contributed by atoms with Crippen LogP contribution in [-0.2, 0) is 14.8 Å². The molecular weight excluding hydrogens is 330 g/mol. The Hall–Kier alpha value is -1.77. The Labute approximate surface area is 142 Å². The van der Waals surface area contributed by atoms with Gasteiger partial charge in [0, 0.05) is 44.2 Å². The van der Waals surface area contributed by atoms with Crippen molar-refractivity contribution < 1.29 is 18.0 Å². The van der Waals surface area contributed by atoms with Crippen LogP contribution in [0.3, 0.4) is 0 Å². The van der Waals surface area contributed by atoms with Crippen LogP contribution >= 0.6 is 0 Å². The van der Waals surface area contributed by atoms with Gasteiger partial charge in [-0.2, -0.15) is 0 Å². The molecule has 1 aromatic rings.